The first-order valence-corrected chi connectivity index (χ1v) is 14.9. The van der Waals surface area contributed by atoms with Crippen molar-refractivity contribution in [2.75, 3.05) is 38.8 Å². The van der Waals surface area contributed by atoms with Crippen LogP contribution in [0.2, 0.25) is 0 Å². The quantitative estimate of drug-likeness (QED) is 0.224. The molecule has 44 heavy (non-hydrogen) atoms. The normalized spacial score (nSPS) is 14.5. The summed E-state index contributed by atoms with van der Waals surface area (Å²) >= 11 is 1.40. The van der Waals surface area contributed by atoms with E-state index < -0.39 is 11.6 Å². The van der Waals surface area contributed by atoms with Crippen LogP contribution in [-0.2, 0) is 11.3 Å². The number of aliphatic hydroxyl groups is 1. The summed E-state index contributed by atoms with van der Waals surface area (Å²) in [5.74, 6) is -1.14. The number of aromatic nitrogens is 4. The molecule has 9 nitrogen and oxygen atoms in total. The molecular formula is C32H30F2N6O3S. The lowest BCUT2D eigenvalue weighted by atomic mass is 9.96. The molecule has 6 rings (SSSR count). The number of carbonyl (C=O) groups excluding carboxylic acids is 1. The Bertz CT molecular complexity index is 1900. The number of ether oxygens (including phenoxy) is 1. The van der Waals surface area contributed by atoms with Crippen LogP contribution in [0.3, 0.4) is 0 Å². The van der Waals surface area contributed by atoms with Crippen LogP contribution in [0.4, 0.5) is 14.6 Å². The molecule has 1 amide bonds. The Morgan fingerprint density at radius 3 is 2.75 bits per heavy atom. The summed E-state index contributed by atoms with van der Waals surface area (Å²) < 4.78 is 38.6. The zero-order chi connectivity index (χ0) is 31.1. The average Bonchev–Trinajstić information content (AvgIpc) is 3.68. The number of anilines is 1. The van der Waals surface area contributed by atoms with E-state index in [2.05, 4.69) is 11.6 Å². The minimum absolute atomic E-state index is 0.0209. The highest BCUT2D eigenvalue weighted by molar-refractivity contribution is 7.18. The van der Waals surface area contributed by atoms with E-state index in [4.69, 9.17) is 14.8 Å². The van der Waals surface area contributed by atoms with E-state index in [9.17, 15) is 14.3 Å². The minimum Gasteiger partial charge on any atom is -0.490 e. The van der Waals surface area contributed by atoms with Crippen molar-refractivity contribution in [1.82, 2.24) is 24.6 Å². The van der Waals surface area contributed by atoms with Gasteiger partial charge in [-0.05, 0) is 42.6 Å². The fourth-order valence-electron chi connectivity index (χ4n) is 5.57. The zero-order valence-corrected chi connectivity index (χ0v) is 25.2. The van der Waals surface area contributed by atoms with Gasteiger partial charge in [-0.3, -0.25) is 9.48 Å². The molecule has 0 unspecified atom stereocenters. The van der Waals surface area contributed by atoms with Crippen molar-refractivity contribution in [1.29, 1.82) is 0 Å². The van der Waals surface area contributed by atoms with Gasteiger partial charge in [-0.2, -0.15) is 5.10 Å². The Morgan fingerprint density at radius 2 is 2.00 bits per heavy atom. The molecule has 226 valence electrons. The van der Waals surface area contributed by atoms with E-state index in [0.717, 1.165) is 34.6 Å². The molecule has 1 atom stereocenters. The van der Waals surface area contributed by atoms with E-state index >= 15 is 4.39 Å². The molecule has 1 N–H and O–H groups in total. The van der Waals surface area contributed by atoms with Crippen LogP contribution in [0.25, 0.3) is 43.9 Å². The maximum absolute atomic E-state index is 15.9. The standard InChI is InChI=1S/C32H30F2N6O3S/c1-5-27(42)39-9-10-40-24(18(39)2)17-23(37-40)31-29(28-22(34)15-20(33)16-25(28)43-12-11-41)32-21(7-13-44-32)30(36-31)19-6-8-35-26(14-19)38(3)4/h5-8,13-18,41H,1,9-12H2,2-4H3/t18-/m0/s1. The molecular weight excluding hydrogens is 586 g/mol. The minimum atomic E-state index is -0.831. The van der Waals surface area contributed by atoms with Crippen LogP contribution < -0.4 is 9.64 Å². The van der Waals surface area contributed by atoms with Gasteiger partial charge in [0.2, 0.25) is 5.91 Å². The van der Waals surface area contributed by atoms with Crippen molar-refractivity contribution >= 4 is 33.1 Å². The van der Waals surface area contributed by atoms with Gasteiger partial charge in [0.25, 0.3) is 0 Å². The van der Waals surface area contributed by atoms with Gasteiger partial charge in [0.1, 0.15) is 41.2 Å². The first-order valence-electron chi connectivity index (χ1n) is 14.0. The summed E-state index contributed by atoms with van der Waals surface area (Å²) in [6.07, 6.45) is 3.00. The number of hydrogen-bond acceptors (Lipinski definition) is 8. The van der Waals surface area contributed by atoms with Crippen LogP contribution >= 0.6 is 11.3 Å². The number of nitrogens with zero attached hydrogens (tertiary/aromatic N) is 6. The lowest BCUT2D eigenvalue weighted by Gasteiger charge is -2.33. The Hall–Kier alpha value is -4.68. The number of pyridine rings is 2. The Kier molecular flexibility index (Phi) is 7.87. The third-order valence-electron chi connectivity index (χ3n) is 7.66. The van der Waals surface area contributed by atoms with E-state index in [-0.39, 0.29) is 36.5 Å². The summed E-state index contributed by atoms with van der Waals surface area (Å²) in [6.45, 7) is 5.96. The van der Waals surface area contributed by atoms with Gasteiger partial charge in [-0.25, -0.2) is 18.7 Å². The average molecular weight is 617 g/mol. The molecule has 0 radical (unpaired) electrons. The molecule has 4 aromatic heterocycles. The maximum Gasteiger partial charge on any atom is 0.246 e. The largest absolute Gasteiger partial charge is 0.490 e. The second-order valence-electron chi connectivity index (χ2n) is 10.6. The topological polar surface area (TPSA) is 96.6 Å². The van der Waals surface area contributed by atoms with E-state index in [0.29, 0.717) is 40.4 Å². The molecule has 5 aromatic rings. The molecule has 0 spiro atoms. The van der Waals surface area contributed by atoms with Crippen molar-refractivity contribution in [3.8, 4) is 39.5 Å². The predicted octanol–water partition coefficient (Wildman–Crippen LogP) is 5.69. The summed E-state index contributed by atoms with van der Waals surface area (Å²) in [4.78, 5) is 25.7. The summed E-state index contributed by atoms with van der Waals surface area (Å²) in [7, 11) is 3.80. The second-order valence-corrected chi connectivity index (χ2v) is 11.5. The van der Waals surface area contributed by atoms with Gasteiger partial charge in [0.15, 0.2) is 0 Å². The molecule has 0 bridgehead atoms. The molecule has 1 aliphatic heterocycles. The molecule has 1 aromatic carbocycles. The van der Waals surface area contributed by atoms with Crippen LogP contribution in [-0.4, -0.2) is 69.5 Å². The van der Waals surface area contributed by atoms with Crippen molar-refractivity contribution in [2.24, 2.45) is 0 Å². The van der Waals surface area contributed by atoms with Gasteiger partial charge in [-0.1, -0.05) is 6.58 Å². The molecule has 0 saturated carbocycles. The number of thiophene rings is 1. The highest BCUT2D eigenvalue weighted by Crippen LogP contribution is 2.47. The maximum atomic E-state index is 15.9. The van der Waals surface area contributed by atoms with E-state index in [1.165, 1.54) is 17.4 Å². The van der Waals surface area contributed by atoms with Gasteiger partial charge in [-0.15, -0.1) is 11.3 Å². The Balaban J connectivity index is 1.65. The Morgan fingerprint density at radius 1 is 1.18 bits per heavy atom. The number of rotatable bonds is 8. The summed E-state index contributed by atoms with van der Waals surface area (Å²) in [6, 6.07) is 9.19. The van der Waals surface area contributed by atoms with Crippen molar-refractivity contribution in [2.45, 2.75) is 19.5 Å². The van der Waals surface area contributed by atoms with Crippen LogP contribution in [0, 0.1) is 11.6 Å². The van der Waals surface area contributed by atoms with Crippen molar-refractivity contribution in [3.63, 3.8) is 0 Å². The van der Waals surface area contributed by atoms with Gasteiger partial charge >= 0.3 is 0 Å². The number of benzene rings is 1. The lowest BCUT2D eigenvalue weighted by molar-refractivity contribution is -0.129. The SMILES string of the molecule is C=CC(=O)N1CCn2nc(-c3nc(-c4ccnc(N(C)C)c4)c4ccsc4c3-c3c(F)cc(F)cc3OCCO)cc2[C@@H]1C. The number of fused-ring (bicyclic) bond motifs is 2. The van der Waals surface area contributed by atoms with Gasteiger partial charge < -0.3 is 19.6 Å². The molecule has 0 aliphatic carbocycles. The molecule has 0 fully saturated rings. The molecule has 1 aliphatic rings. The number of aliphatic hydroxyl groups excluding tert-OH is 1. The van der Waals surface area contributed by atoms with E-state index in [1.807, 2.05) is 60.2 Å². The summed E-state index contributed by atoms with van der Waals surface area (Å²) in [5, 5.41) is 17.0. The molecule has 12 heteroatoms. The van der Waals surface area contributed by atoms with E-state index in [1.54, 1.807) is 11.1 Å². The first-order chi connectivity index (χ1) is 21.2. The first kappa shape index (κ1) is 29.4. The van der Waals surface area contributed by atoms with Crippen LogP contribution in [0.1, 0.15) is 18.7 Å². The fourth-order valence-corrected chi connectivity index (χ4v) is 6.52. The van der Waals surface area contributed by atoms with Crippen LogP contribution in [0.15, 0.2) is 60.6 Å². The molecule has 0 saturated heterocycles. The highest BCUT2D eigenvalue weighted by Gasteiger charge is 2.31. The molecule has 5 heterocycles. The highest BCUT2D eigenvalue weighted by atomic mass is 32.1. The number of carbonyl (C=O) groups is 1. The number of hydrogen-bond donors (Lipinski definition) is 1. The fraction of sp³-hybridized carbons (Fsp3) is 0.250. The predicted molar refractivity (Wildman–Crippen MR) is 167 cm³/mol. The number of amides is 1. The number of halogens is 2. The lowest BCUT2D eigenvalue weighted by Crippen LogP contribution is -2.40. The monoisotopic (exact) mass is 616 g/mol. The third-order valence-corrected chi connectivity index (χ3v) is 8.59. The van der Waals surface area contributed by atoms with Gasteiger partial charge in [0.05, 0.1) is 36.1 Å². The second kappa shape index (κ2) is 11.8. The third kappa shape index (κ3) is 5.09. The van der Waals surface area contributed by atoms with Crippen molar-refractivity contribution in [3.05, 3.63) is 78.0 Å². The van der Waals surface area contributed by atoms with Crippen LogP contribution in [0.5, 0.6) is 5.75 Å². The summed E-state index contributed by atoms with van der Waals surface area (Å²) in [5.41, 5.74) is 3.49. The van der Waals surface area contributed by atoms with Gasteiger partial charge in [0, 0.05) is 60.2 Å². The smallest absolute Gasteiger partial charge is 0.246 e. The Labute approximate surface area is 256 Å². The van der Waals surface area contributed by atoms with Crippen molar-refractivity contribution < 1.29 is 23.4 Å². The zero-order valence-electron chi connectivity index (χ0n) is 24.4.